The van der Waals surface area contributed by atoms with Gasteiger partial charge < -0.3 is 30.7 Å². The molecule has 0 radical (unpaired) electrons. The highest BCUT2D eigenvalue weighted by Gasteiger charge is 2.49. The fraction of sp³-hybridized carbons (Fsp3) is 0.500. The molecule has 2 heterocycles. The molecular weight excluding hydrogens is 254 g/mol. The van der Waals surface area contributed by atoms with Gasteiger partial charge in [0.25, 0.3) is 0 Å². The van der Waals surface area contributed by atoms with E-state index in [2.05, 4.69) is 15.0 Å². The van der Waals surface area contributed by atoms with Crippen molar-refractivity contribution in [2.45, 2.75) is 30.5 Å². The van der Waals surface area contributed by atoms with Gasteiger partial charge in [0, 0.05) is 0 Å². The molecule has 1 aliphatic carbocycles. The minimum atomic E-state index is -1.43. The number of aliphatic hydroxyl groups is 4. The van der Waals surface area contributed by atoms with Crippen molar-refractivity contribution in [3.63, 3.8) is 0 Å². The van der Waals surface area contributed by atoms with Crippen molar-refractivity contribution in [3.05, 3.63) is 12.7 Å². The van der Waals surface area contributed by atoms with E-state index in [9.17, 15) is 20.4 Å². The third kappa shape index (κ3) is 1.60. The van der Waals surface area contributed by atoms with Crippen LogP contribution in [-0.2, 0) is 0 Å². The van der Waals surface area contributed by atoms with Crippen LogP contribution in [0.1, 0.15) is 6.04 Å². The predicted octanol–water partition coefficient (Wildman–Crippen LogP) is -2.59. The molecule has 0 aliphatic heterocycles. The Bertz CT molecular complexity index is 603. The first-order chi connectivity index (χ1) is 9.02. The number of nitrogens with two attached hydrogens (primary N) is 1. The Morgan fingerprint density at radius 2 is 1.58 bits per heavy atom. The summed E-state index contributed by atoms with van der Waals surface area (Å²) in [6.07, 6.45) is -2.97. The maximum Gasteiger partial charge on any atom is 0.165 e. The Morgan fingerprint density at radius 3 is 2.21 bits per heavy atom. The Morgan fingerprint density at radius 1 is 0.947 bits per heavy atom. The Labute approximate surface area is 107 Å². The number of rotatable bonds is 1. The van der Waals surface area contributed by atoms with Crippen molar-refractivity contribution in [2.24, 2.45) is 0 Å². The van der Waals surface area contributed by atoms with Crippen molar-refractivity contribution in [1.82, 2.24) is 19.5 Å². The van der Waals surface area contributed by atoms with Gasteiger partial charge in [0.05, 0.1) is 12.4 Å². The number of nitrogens with zero attached hydrogens (tertiary/aromatic N) is 4. The normalized spacial score (nSPS) is 35.1. The molecule has 0 bridgehead atoms. The summed E-state index contributed by atoms with van der Waals surface area (Å²) in [6.45, 7) is 0. The third-order valence-corrected chi connectivity index (χ3v) is 3.46. The molecule has 5 atom stereocenters. The van der Waals surface area contributed by atoms with E-state index in [0.29, 0.717) is 11.2 Å². The quantitative estimate of drug-likeness (QED) is 0.377. The van der Waals surface area contributed by atoms with Gasteiger partial charge in [0.1, 0.15) is 36.3 Å². The van der Waals surface area contributed by atoms with Gasteiger partial charge in [-0.25, -0.2) is 15.0 Å². The predicted molar refractivity (Wildman–Crippen MR) is 62.8 cm³/mol. The van der Waals surface area contributed by atoms with Crippen molar-refractivity contribution in [2.75, 3.05) is 5.73 Å². The molecule has 0 amide bonds. The summed E-state index contributed by atoms with van der Waals surface area (Å²) in [5.74, 6) is 0.173. The van der Waals surface area contributed by atoms with Gasteiger partial charge in [-0.2, -0.15) is 0 Å². The Balaban J connectivity index is 2.12. The zero-order chi connectivity index (χ0) is 13.7. The summed E-state index contributed by atoms with van der Waals surface area (Å²) in [5, 5.41) is 39.0. The molecule has 1 unspecified atom stereocenters. The smallest absolute Gasteiger partial charge is 0.165 e. The molecule has 1 fully saturated rings. The zero-order valence-electron chi connectivity index (χ0n) is 9.70. The minimum Gasteiger partial charge on any atom is -0.388 e. The van der Waals surface area contributed by atoms with E-state index >= 15 is 0 Å². The summed E-state index contributed by atoms with van der Waals surface area (Å²) >= 11 is 0. The molecule has 19 heavy (non-hydrogen) atoms. The molecule has 1 aliphatic rings. The molecule has 3 rings (SSSR count). The van der Waals surface area contributed by atoms with Gasteiger partial charge in [-0.05, 0) is 0 Å². The number of nitrogen functional groups attached to an aromatic ring is 1. The summed E-state index contributed by atoms with van der Waals surface area (Å²) in [7, 11) is 0. The lowest BCUT2D eigenvalue weighted by atomic mass is 10.2. The van der Waals surface area contributed by atoms with Crippen LogP contribution in [0.4, 0.5) is 5.82 Å². The number of fused-ring (bicyclic) bond motifs is 1. The van der Waals surface area contributed by atoms with Crippen LogP contribution in [0.3, 0.4) is 0 Å². The first kappa shape index (κ1) is 12.2. The number of hydrogen-bond donors (Lipinski definition) is 5. The van der Waals surface area contributed by atoms with Crippen LogP contribution in [0.2, 0.25) is 0 Å². The molecule has 9 heteroatoms. The standard InChI is InChI=1S/C10H13N5O4/c11-9-3-10(13-1-12-9)15(2-14-3)4-5(16)7(18)8(19)6(4)17/h1-2,4-8,16-19H,(H2,11,12,13)/t4?,5-,6+,7-,8+. The fourth-order valence-corrected chi connectivity index (χ4v) is 2.43. The van der Waals surface area contributed by atoms with E-state index in [0.717, 1.165) is 0 Å². The molecule has 0 saturated heterocycles. The molecule has 0 spiro atoms. The second kappa shape index (κ2) is 4.10. The van der Waals surface area contributed by atoms with Gasteiger partial charge in [-0.1, -0.05) is 0 Å². The van der Waals surface area contributed by atoms with Crippen LogP contribution in [0.25, 0.3) is 11.2 Å². The van der Waals surface area contributed by atoms with Gasteiger partial charge in [-0.3, -0.25) is 0 Å². The van der Waals surface area contributed by atoms with Crippen LogP contribution in [-0.4, -0.2) is 64.4 Å². The van der Waals surface area contributed by atoms with Crippen LogP contribution >= 0.6 is 0 Å². The molecule has 1 saturated carbocycles. The lowest BCUT2D eigenvalue weighted by molar-refractivity contribution is -0.0413. The van der Waals surface area contributed by atoms with Crippen molar-refractivity contribution >= 4 is 17.0 Å². The van der Waals surface area contributed by atoms with Crippen LogP contribution in [0.5, 0.6) is 0 Å². The summed E-state index contributed by atoms with van der Waals surface area (Å²) < 4.78 is 1.38. The maximum atomic E-state index is 9.91. The van der Waals surface area contributed by atoms with Crippen molar-refractivity contribution in [3.8, 4) is 0 Å². The fourth-order valence-electron chi connectivity index (χ4n) is 2.43. The number of hydrogen-bond acceptors (Lipinski definition) is 8. The zero-order valence-corrected chi connectivity index (χ0v) is 9.70. The third-order valence-electron chi connectivity index (χ3n) is 3.46. The SMILES string of the molecule is Nc1ncnc2c1ncn2C1[C@@H](O)[C@@H](O)[C@@H](O)[C@H]1O. The van der Waals surface area contributed by atoms with Crippen LogP contribution in [0.15, 0.2) is 12.7 Å². The highest BCUT2D eigenvalue weighted by molar-refractivity contribution is 5.81. The van der Waals surface area contributed by atoms with Crippen molar-refractivity contribution in [1.29, 1.82) is 0 Å². The van der Waals surface area contributed by atoms with E-state index in [1.54, 1.807) is 0 Å². The highest BCUT2D eigenvalue weighted by atomic mass is 16.4. The summed E-state index contributed by atoms with van der Waals surface area (Å²) in [4.78, 5) is 11.8. The van der Waals surface area contributed by atoms with Gasteiger partial charge in [0.15, 0.2) is 11.5 Å². The molecule has 0 aromatic carbocycles. The molecule has 2 aromatic rings. The lowest BCUT2D eigenvalue weighted by Crippen LogP contribution is -2.32. The highest BCUT2D eigenvalue weighted by Crippen LogP contribution is 2.33. The van der Waals surface area contributed by atoms with Crippen LogP contribution in [0, 0.1) is 0 Å². The molecule has 102 valence electrons. The molecular formula is C10H13N5O4. The average Bonchev–Trinajstić information content (AvgIpc) is 2.89. The monoisotopic (exact) mass is 267 g/mol. The largest absolute Gasteiger partial charge is 0.388 e. The number of anilines is 1. The Kier molecular flexibility index (Phi) is 2.64. The van der Waals surface area contributed by atoms with E-state index < -0.39 is 30.5 Å². The second-order valence-corrected chi connectivity index (χ2v) is 4.54. The number of aliphatic hydroxyl groups excluding tert-OH is 4. The van der Waals surface area contributed by atoms with Gasteiger partial charge in [0.2, 0.25) is 0 Å². The molecule has 9 nitrogen and oxygen atoms in total. The van der Waals surface area contributed by atoms with E-state index in [1.165, 1.54) is 17.2 Å². The summed E-state index contributed by atoms with van der Waals surface area (Å²) in [5.41, 5.74) is 6.29. The first-order valence-electron chi connectivity index (χ1n) is 5.67. The van der Waals surface area contributed by atoms with Gasteiger partial charge in [-0.15, -0.1) is 0 Å². The van der Waals surface area contributed by atoms with E-state index in [1.807, 2.05) is 0 Å². The second-order valence-electron chi connectivity index (χ2n) is 4.54. The lowest BCUT2D eigenvalue weighted by Gasteiger charge is -2.20. The molecule has 6 N–H and O–H groups in total. The Hall–Kier alpha value is -1.81. The number of imidazole rings is 1. The van der Waals surface area contributed by atoms with E-state index in [4.69, 9.17) is 5.73 Å². The van der Waals surface area contributed by atoms with E-state index in [-0.39, 0.29) is 5.82 Å². The maximum absolute atomic E-state index is 9.91. The summed E-state index contributed by atoms with van der Waals surface area (Å²) in [6, 6.07) is -0.954. The average molecular weight is 267 g/mol. The van der Waals surface area contributed by atoms with Crippen molar-refractivity contribution < 1.29 is 20.4 Å². The minimum absolute atomic E-state index is 0.173. The molecule has 2 aromatic heterocycles. The topological polar surface area (TPSA) is 151 Å². The van der Waals surface area contributed by atoms with Gasteiger partial charge >= 0.3 is 0 Å². The van der Waals surface area contributed by atoms with Crippen LogP contribution < -0.4 is 5.73 Å². The number of aromatic nitrogens is 4. The first-order valence-corrected chi connectivity index (χ1v) is 5.67.